The smallest absolute Gasteiger partial charge is 0.320 e. The number of hydrogen-bond donors (Lipinski definition) is 2. The molecule has 0 aromatic heterocycles. The molecule has 0 saturated carbocycles. The van der Waals surface area contributed by atoms with Gasteiger partial charge in [0.25, 0.3) is 0 Å². The van der Waals surface area contributed by atoms with Crippen molar-refractivity contribution in [2.24, 2.45) is 0 Å². The number of aryl methyl sites for hydroxylation is 2. The Hall–Kier alpha value is -3.28. The van der Waals surface area contributed by atoms with Crippen LogP contribution in [0.2, 0.25) is 5.02 Å². The predicted molar refractivity (Wildman–Crippen MR) is 165 cm³/mol. The van der Waals surface area contributed by atoms with Gasteiger partial charge in [-0.3, -0.25) is 0 Å². The second-order valence-electron chi connectivity index (χ2n) is 11.3. The van der Waals surface area contributed by atoms with Gasteiger partial charge < -0.3 is 20.2 Å². The molecule has 2 aliphatic heterocycles. The van der Waals surface area contributed by atoms with Crippen LogP contribution in [0.15, 0.2) is 72.4 Å². The number of hydrogen-bond acceptors (Lipinski definition) is 3. The van der Waals surface area contributed by atoms with Crippen LogP contribution in [0.5, 0.6) is 0 Å². The van der Waals surface area contributed by atoms with Gasteiger partial charge in [-0.1, -0.05) is 61.0 Å². The topological polar surface area (TPSA) is 55.8 Å². The van der Waals surface area contributed by atoms with Gasteiger partial charge in [0, 0.05) is 42.6 Å². The molecule has 0 atom stereocenters. The van der Waals surface area contributed by atoms with Crippen molar-refractivity contribution < 1.29 is 9.90 Å². The molecule has 2 N–H and O–H groups in total. The number of likely N-dealkylation sites (tertiary alicyclic amines) is 1. The zero-order valence-electron chi connectivity index (χ0n) is 23.8. The van der Waals surface area contributed by atoms with Gasteiger partial charge in [-0.2, -0.15) is 0 Å². The van der Waals surface area contributed by atoms with Crippen molar-refractivity contribution in [2.75, 3.05) is 25.0 Å². The molecule has 0 bridgehead atoms. The SMILES string of the molecule is CCCN(Cc1cc(-c2ccc3c(c2)NC(C)=CCC3)ccc1C)C(=O)N1CCC(O)(c2ccc(Cl)cc2)CC1. The van der Waals surface area contributed by atoms with E-state index in [9.17, 15) is 9.90 Å². The number of allylic oxidation sites excluding steroid dienone is 2. The molecule has 2 heterocycles. The molecule has 0 unspecified atom stereocenters. The van der Waals surface area contributed by atoms with Crippen LogP contribution in [-0.2, 0) is 18.6 Å². The number of halogens is 1. The highest BCUT2D eigenvalue weighted by molar-refractivity contribution is 6.30. The number of aliphatic hydroxyl groups is 1. The minimum Gasteiger partial charge on any atom is -0.385 e. The lowest BCUT2D eigenvalue weighted by atomic mass is 9.84. The number of carbonyl (C=O) groups is 1. The number of piperidine rings is 1. The lowest BCUT2D eigenvalue weighted by Crippen LogP contribution is -2.50. The maximum Gasteiger partial charge on any atom is 0.320 e. The van der Waals surface area contributed by atoms with E-state index in [1.54, 1.807) is 0 Å². The summed E-state index contributed by atoms with van der Waals surface area (Å²) in [6.45, 7) is 8.64. The van der Waals surface area contributed by atoms with E-state index in [-0.39, 0.29) is 6.03 Å². The van der Waals surface area contributed by atoms with E-state index in [0.717, 1.165) is 36.0 Å². The Morgan fingerprint density at radius 1 is 1.02 bits per heavy atom. The summed E-state index contributed by atoms with van der Waals surface area (Å²) in [5.74, 6) is 0. The molecule has 5 rings (SSSR count). The molecule has 40 heavy (non-hydrogen) atoms. The highest BCUT2D eigenvalue weighted by Gasteiger charge is 2.36. The first-order valence-corrected chi connectivity index (χ1v) is 14.8. The Morgan fingerprint density at radius 2 is 1.73 bits per heavy atom. The molecule has 1 fully saturated rings. The first-order valence-electron chi connectivity index (χ1n) is 14.4. The molecule has 0 spiro atoms. The fourth-order valence-corrected chi connectivity index (χ4v) is 5.98. The molecular formula is C34H40ClN3O2. The molecule has 2 amide bonds. The third kappa shape index (κ3) is 6.21. The molecule has 3 aromatic rings. The number of fused-ring (bicyclic) bond motifs is 1. The Labute approximate surface area is 243 Å². The van der Waals surface area contributed by atoms with Crippen molar-refractivity contribution in [3.05, 3.63) is 99.7 Å². The Kier molecular flexibility index (Phi) is 8.53. The summed E-state index contributed by atoms with van der Waals surface area (Å²) in [5, 5.41) is 15.5. The van der Waals surface area contributed by atoms with Gasteiger partial charge in [-0.25, -0.2) is 4.79 Å². The summed E-state index contributed by atoms with van der Waals surface area (Å²) in [6.07, 6.45) is 6.26. The molecule has 210 valence electrons. The molecule has 0 aliphatic carbocycles. The highest BCUT2D eigenvalue weighted by atomic mass is 35.5. The summed E-state index contributed by atoms with van der Waals surface area (Å²) >= 11 is 6.04. The van der Waals surface area contributed by atoms with Crippen molar-refractivity contribution >= 4 is 23.3 Å². The van der Waals surface area contributed by atoms with Crippen LogP contribution in [0.1, 0.15) is 61.8 Å². The van der Waals surface area contributed by atoms with Gasteiger partial charge in [0.2, 0.25) is 0 Å². The molecule has 2 aliphatic rings. The van der Waals surface area contributed by atoms with Gasteiger partial charge in [0.1, 0.15) is 0 Å². The lowest BCUT2D eigenvalue weighted by molar-refractivity contribution is -0.0200. The number of benzene rings is 3. The molecule has 3 aromatic carbocycles. The normalized spacial score (nSPS) is 16.4. The number of rotatable bonds is 6. The van der Waals surface area contributed by atoms with Crippen molar-refractivity contribution in [2.45, 2.75) is 65.0 Å². The van der Waals surface area contributed by atoms with Gasteiger partial charge >= 0.3 is 6.03 Å². The van der Waals surface area contributed by atoms with Gasteiger partial charge in [0.15, 0.2) is 0 Å². The number of anilines is 1. The predicted octanol–water partition coefficient (Wildman–Crippen LogP) is 7.89. The van der Waals surface area contributed by atoms with E-state index in [2.05, 4.69) is 68.6 Å². The summed E-state index contributed by atoms with van der Waals surface area (Å²) < 4.78 is 0. The van der Waals surface area contributed by atoms with E-state index in [0.29, 0.717) is 44.0 Å². The fraction of sp³-hybridized carbons (Fsp3) is 0.382. The maximum atomic E-state index is 13.7. The van der Waals surface area contributed by atoms with Crippen LogP contribution in [0, 0.1) is 6.92 Å². The van der Waals surface area contributed by atoms with E-state index < -0.39 is 5.60 Å². The van der Waals surface area contributed by atoms with E-state index in [4.69, 9.17) is 11.6 Å². The van der Waals surface area contributed by atoms with E-state index in [1.807, 2.05) is 34.1 Å². The number of nitrogens with one attached hydrogen (secondary N) is 1. The third-order valence-corrected chi connectivity index (χ3v) is 8.61. The standard InChI is InChI=1S/C34H40ClN3O2/c1-4-18-38(33(39)37-19-16-34(40,17-20-37)30-12-14-31(35)15-13-30)23-29-21-27(9-8-24(29)2)28-11-10-26-7-5-6-25(3)36-32(26)22-28/h6,8-15,21-22,36,40H,4-5,7,16-20,23H2,1-3H3. The Morgan fingerprint density at radius 3 is 2.45 bits per heavy atom. The molecule has 0 radical (unpaired) electrons. The summed E-state index contributed by atoms with van der Waals surface area (Å²) in [4.78, 5) is 17.6. The number of amides is 2. The lowest BCUT2D eigenvalue weighted by Gasteiger charge is -2.40. The Bertz CT molecular complexity index is 1390. The molecule has 5 nitrogen and oxygen atoms in total. The van der Waals surface area contributed by atoms with Gasteiger partial charge in [-0.05, 0) is 104 Å². The van der Waals surface area contributed by atoms with Crippen molar-refractivity contribution in [1.29, 1.82) is 0 Å². The Balaban J connectivity index is 1.31. The van der Waals surface area contributed by atoms with Crippen LogP contribution >= 0.6 is 11.6 Å². The first-order chi connectivity index (χ1) is 19.3. The molecule has 6 heteroatoms. The third-order valence-electron chi connectivity index (χ3n) is 8.36. The molecule has 1 saturated heterocycles. The van der Waals surface area contributed by atoms with E-state index in [1.165, 1.54) is 28.1 Å². The minimum absolute atomic E-state index is 0.0429. The average Bonchev–Trinajstić information content (AvgIpc) is 3.14. The monoisotopic (exact) mass is 557 g/mol. The largest absolute Gasteiger partial charge is 0.385 e. The van der Waals surface area contributed by atoms with Crippen LogP contribution in [0.3, 0.4) is 0 Å². The number of carbonyl (C=O) groups excluding carboxylic acids is 1. The zero-order chi connectivity index (χ0) is 28.3. The van der Waals surface area contributed by atoms with Crippen LogP contribution in [-0.4, -0.2) is 40.6 Å². The van der Waals surface area contributed by atoms with Gasteiger partial charge in [-0.15, -0.1) is 0 Å². The second-order valence-corrected chi connectivity index (χ2v) is 11.7. The van der Waals surface area contributed by atoms with Crippen molar-refractivity contribution in [1.82, 2.24) is 9.80 Å². The summed E-state index contributed by atoms with van der Waals surface area (Å²) in [6, 6.07) is 20.7. The quantitative estimate of drug-likeness (QED) is 0.324. The van der Waals surface area contributed by atoms with Crippen molar-refractivity contribution in [3.63, 3.8) is 0 Å². The fourth-order valence-electron chi connectivity index (χ4n) is 5.85. The summed E-state index contributed by atoms with van der Waals surface area (Å²) in [5.41, 5.74) is 8.32. The van der Waals surface area contributed by atoms with Crippen LogP contribution in [0.4, 0.5) is 10.5 Å². The highest BCUT2D eigenvalue weighted by Crippen LogP contribution is 2.34. The van der Waals surface area contributed by atoms with Gasteiger partial charge in [0.05, 0.1) is 5.60 Å². The summed E-state index contributed by atoms with van der Waals surface area (Å²) in [7, 11) is 0. The second kappa shape index (κ2) is 12.1. The zero-order valence-corrected chi connectivity index (χ0v) is 24.6. The van der Waals surface area contributed by atoms with Crippen LogP contribution < -0.4 is 5.32 Å². The van der Waals surface area contributed by atoms with E-state index >= 15 is 0 Å². The number of urea groups is 1. The molecular weight excluding hydrogens is 518 g/mol. The maximum absolute atomic E-state index is 13.7. The number of nitrogens with zero attached hydrogens (tertiary/aromatic N) is 2. The first kappa shape index (κ1) is 28.3. The van der Waals surface area contributed by atoms with Crippen LogP contribution in [0.25, 0.3) is 11.1 Å². The van der Waals surface area contributed by atoms with Crippen molar-refractivity contribution in [3.8, 4) is 11.1 Å². The minimum atomic E-state index is -0.932. The average molecular weight is 558 g/mol.